The van der Waals surface area contributed by atoms with E-state index in [2.05, 4.69) is 9.98 Å². The third-order valence-corrected chi connectivity index (χ3v) is 2.19. The molecule has 0 bridgehead atoms. The van der Waals surface area contributed by atoms with Crippen LogP contribution in [0.25, 0.3) is 0 Å². The lowest BCUT2D eigenvalue weighted by Gasteiger charge is -2.19. The molecule has 2 heterocycles. The Bertz CT molecular complexity index is 508. The number of ether oxygens (including phenoxy) is 1. The van der Waals surface area contributed by atoms with Crippen LogP contribution in [0.15, 0.2) is 58.7 Å². The molecule has 14 heavy (non-hydrogen) atoms. The molecule has 0 saturated heterocycles. The van der Waals surface area contributed by atoms with Crippen molar-refractivity contribution < 1.29 is 4.74 Å². The highest BCUT2D eigenvalue weighted by Crippen LogP contribution is 2.20. The van der Waals surface area contributed by atoms with Crippen molar-refractivity contribution in [1.29, 1.82) is 0 Å². The van der Waals surface area contributed by atoms with E-state index in [0.717, 1.165) is 10.7 Å². The molecule has 0 N–H and O–H groups in total. The summed E-state index contributed by atoms with van der Waals surface area (Å²) < 4.78 is 5.41. The van der Waals surface area contributed by atoms with E-state index in [9.17, 15) is 0 Å². The summed E-state index contributed by atoms with van der Waals surface area (Å²) >= 11 is 0. The molecular weight excluding hydrogens is 176 g/mol. The molecular formula is C11H8N2O. The Morgan fingerprint density at radius 2 is 1.71 bits per heavy atom. The number of allylic oxidation sites excluding steroid dienone is 2. The first kappa shape index (κ1) is 7.50. The van der Waals surface area contributed by atoms with E-state index in [1.807, 2.05) is 42.5 Å². The molecule has 0 unspecified atom stereocenters. The third-order valence-electron chi connectivity index (χ3n) is 2.19. The minimum atomic E-state index is -0.835. The number of para-hydroxylation sites is 2. The van der Waals surface area contributed by atoms with E-state index < -0.39 is 5.85 Å². The third kappa shape index (κ3) is 0.988. The zero-order valence-electron chi connectivity index (χ0n) is 7.42. The van der Waals surface area contributed by atoms with Gasteiger partial charge in [0, 0.05) is 6.08 Å². The molecule has 2 aliphatic heterocycles. The van der Waals surface area contributed by atoms with Gasteiger partial charge in [0.05, 0.1) is 17.0 Å². The Labute approximate surface area is 80.8 Å². The van der Waals surface area contributed by atoms with Gasteiger partial charge in [-0.1, -0.05) is 18.2 Å². The molecule has 0 aromatic heterocycles. The van der Waals surface area contributed by atoms with Crippen LogP contribution in [0.2, 0.25) is 0 Å². The van der Waals surface area contributed by atoms with Gasteiger partial charge < -0.3 is 4.74 Å². The van der Waals surface area contributed by atoms with Crippen LogP contribution in [0.4, 0.5) is 0 Å². The van der Waals surface area contributed by atoms with E-state index in [1.54, 1.807) is 6.26 Å². The molecule has 0 atom stereocenters. The lowest BCUT2D eigenvalue weighted by molar-refractivity contribution is 0.0809. The zero-order chi connectivity index (χ0) is 9.43. The summed E-state index contributed by atoms with van der Waals surface area (Å²) in [4.78, 5) is 8.83. The highest BCUT2D eigenvalue weighted by atomic mass is 16.5. The molecule has 0 aliphatic carbocycles. The molecule has 3 rings (SSSR count). The Morgan fingerprint density at radius 3 is 2.29 bits per heavy atom. The lowest BCUT2D eigenvalue weighted by Crippen LogP contribution is -2.23. The summed E-state index contributed by atoms with van der Waals surface area (Å²) in [5, 5.41) is 1.76. The van der Waals surface area contributed by atoms with Gasteiger partial charge in [-0.3, -0.25) is 0 Å². The molecule has 0 saturated carbocycles. The first-order valence-electron chi connectivity index (χ1n) is 4.45. The fourth-order valence-electron chi connectivity index (χ4n) is 1.56. The minimum absolute atomic E-state index is 0.835. The molecule has 1 aromatic rings. The van der Waals surface area contributed by atoms with Gasteiger partial charge in [0.2, 0.25) is 0 Å². The zero-order valence-corrected chi connectivity index (χ0v) is 7.42. The van der Waals surface area contributed by atoms with Crippen molar-refractivity contribution in [2.75, 3.05) is 0 Å². The molecule has 3 heteroatoms. The van der Waals surface area contributed by atoms with Crippen LogP contribution in [0, 0.1) is 0 Å². The van der Waals surface area contributed by atoms with Crippen LogP contribution in [0.5, 0.6) is 0 Å². The summed E-state index contributed by atoms with van der Waals surface area (Å²) in [6, 6.07) is 7.75. The molecule has 3 nitrogen and oxygen atoms in total. The van der Waals surface area contributed by atoms with Crippen LogP contribution in [-0.2, 0) is 4.74 Å². The first-order valence-corrected chi connectivity index (χ1v) is 4.45. The Balaban J connectivity index is 2.23. The maximum absolute atomic E-state index is 5.41. The molecule has 1 aromatic carbocycles. The van der Waals surface area contributed by atoms with Gasteiger partial charge in [0.15, 0.2) is 0 Å². The van der Waals surface area contributed by atoms with Crippen molar-refractivity contribution in [2.45, 2.75) is 5.85 Å². The van der Waals surface area contributed by atoms with Gasteiger partial charge in [-0.2, -0.15) is 0 Å². The van der Waals surface area contributed by atoms with Crippen LogP contribution in [0.3, 0.4) is 0 Å². The largest absolute Gasteiger partial charge is 0.451 e. The van der Waals surface area contributed by atoms with Crippen molar-refractivity contribution in [3.8, 4) is 0 Å². The number of benzene rings is 1. The average Bonchev–Trinajstić information content (AvgIpc) is 2.56. The highest BCUT2D eigenvalue weighted by Gasteiger charge is 2.29. The summed E-state index contributed by atoms with van der Waals surface area (Å²) in [5.74, 6) is -0.835. The Kier molecular flexibility index (Phi) is 1.36. The summed E-state index contributed by atoms with van der Waals surface area (Å²) in [6.07, 6.45) is 7.16. The predicted octanol–water partition coefficient (Wildman–Crippen LogP) is 0.693. The second-order valence-corrected chi connectivity index (χ2v) is 3.18. The van der Waals surface area contributed by atoms with Crippen molar-refractivity contribution in [2.24, 2.45) is 9.98 Å². The van der Waals surface area contributed by atoms with Crippen LogP contribution >= 0.6 is 0 Å². The van der Waals surface area contributed by atoms with E-state index in [4.69, 9.17) is 4.74 Å². The second-order valence-electron chi connectivity index (χ2n) is 3.18. The standard InChI is InChI=1S/C11H8N2O/c1-2-6-10-9(5-1)12-11(13-10)7-3-4-8-14-11/h1-8H. The number of hydrogen-bond donors (Lipinski definition) is 0. The van der Waals surface area contributed by atoms with Gasteiger partial charge in [0.1, 0.15) is 0 Å². The summed E-state index contributed by atoms with van der Waals surface area (Å²) in [5.41, 5.74) is 0. The van der Waals surface area contributed by atoms with Gasteiger partial charge in [-0.15, -0.1) is 0 Å². The lowest BCUT2D eigenvalue weighted by atomic mass is 10.3. The Morgan fingerprint density at radius 1 is 1.00 bits per heavy atom. The van der Waals surface area contributed by atoms with Crippen molar-refractivity contribution in [3.05, 3.63) is 59.5 Å². The SMILES string of the molecule is C1=COC2(C=C1)N=c1ccccc1=N2. The number of rotatable bonds is 0. The number of fused-ring (bicyclic) bond motifs is 1. The monoisotopic (exact) mass is 184 g/mol. The predicted molar refractivity (Wildman–Crippen MR) is 50.9 cm³/mol. The van der Waals surface area contributed by atoms with Crippen molar-refractivity contribution in [3.63, 3.8) is 0 Å². The fraction of sp³-hybridized carbons (Fsp3) is 0.0909. The van der Waals surface area contributed by atoms with Gasteiger partial charge >= 0.3 is 5.85 Å². The molecule has 0 fully saturated rings. The smallest absolute Gasteiger partial charge is 0.320 e. The second kappa shape index (κ2) is 2.54. The quantitative estimate of drug-likeness (QED) is 0.584. The molecule has 0 amide bonds. The number of hydrogen-bond acceptors (Lipinski definition) is 3. The molecule has 0 radical (unpaired) electrons. The topological polar surface area (TPSA) is 34.0 Å². The van der Waals surface area contributed by atoms with Crippen LogP contribution < -0.4 is 10.7 Å². The van der Waals surface area contributed by atoms with E-state index in [1.165, 1.54) is 0 Å². The normalized spacial score (nSPS) is 19.7. The van der Waals surface area contributed by atoms with Crippen molar-refractivity contribution >= 4 is 0 Å². The number of nitrogens with zero attached hydrogens (tertiary/aromatic N) is 2. The highest BCUT2D eigenvalue weighted by molar-refractivity contribution is 5.17. The molecule has 2 aliphatic rings. The minimum Gasteiger partial charge on any atom is -0.451 e. The fourth-order valence-corrected chi connectivity index (χ4v) is 1.56. The molecule has 68 valence electrons. The van der Waals surface area contributed by atoms with Gasteiger partial charge in [0.25, 0.3) is 0 Å². The van der Waals surface area contributed by atoms with Crippen LogP contribution in [-0.4, -0.2) is 5.85 Å². The first-order chi connectivity index (χ1) is 6.88. The van der Waals surface area contributed by atoms with E-state index in [0.29, 0.717) is 0 Å². The summed E-state index contributed by atoms with van der Waals surface area (Å²) in [7, 11) is 0. The van der Waals surface area contributed by atoms with E-state index >= 15 is 0 Å². The summed E-state index contributed by atoms with van der Waals surface area (Å²) in [6.45, 7) is 0. The Hall–Kier alpha value is -1.90. The molecule has 1 spiro atoms. The van der Waals surface area contributed by atoms with Crippen molar-refractivity contribution in [1.82, 2.24) is 0 Å². The maximum atomic E-state index is 5.41. The average molecular weight is 184 g/mol. The van der Waals surface area contributed by atoms with E-state index in [-0.39, 0.29) is 0 Å². The van der Waals surface area contributed by atoms with Gasteiger partial charge in [-0.25, -0.2) is 9.98 Å². The van der Waals surface area contributed by atoms with Crippen LogP contribution in [0.1, 0.15) is 0 Å². The van der Waals surface area contributed by atoms with Gasteiger partial charge in [-0.05, 0) is 18.2 Å². The maximum Gasteiger partial charge on any atom is 0.320 e.